The molecular weight excluding hydrogens is 771 g/mol. The van der Waals surface area contributed by atoms with Crippen LogP contribution in [0.2, 0.25) is 0 Å². The Morgan fingerprint density at radius 2 is 1.31 bits per heavy atom. The Kier molecular flexibility index (Phi) is 12.8. The van der Waals surface area contributed by atoms with Gasteiger partial charge in [0.15, 0.2) is 21.5 Å². The number of hydrogen-bond donors (Lipinski definition) is 6. The monoisotopic (exact) mass is 825 g/mol. The summed E-state index contributed by atoms with van der Waals surface area (Å²) in [6, 6.07) is 18.1. The van der Waals surface area contributed by atoms with Gasteiger partial charge in [0.25, 0.3) is 0 Å². The molecule has 8 rings (SSSR count). The van der Waals surface area contributed by atoms with E-state index >= 15 is 0 Å². The molecule has 2 fully saturated rings. The molecule has 3 heterocycles. The van der Waals surface area contributed by atoms with Crippen LogP contribution in [-0.4, -0.2) is 71.0 Å². The van der Waals surface area contributed by atoms with Gasteiger partial charge in [-0.05, 0) is 139 Å². The Labute approximate surface area is 345 Å². The molecule has 4 aliphatic rings. The molecule has 2 aromatic carbocycles. The molecule has 2 saturated carbocycles. The Balaban J connectivity index is 0.000000179. The van der Waals surface area contributed by atoms with Crippen molar-refractivity contribution in [2.45, 2.75) is 139 Å². The number of aromatic nitrogens is 4. The molecule has 1 aliphatic heterocycles. The highest BCUT2D eigenvalue weighted by Crippen LogP contribution is 2.38. The van der Waals surface area contributed by atoms with Gasteiger partial charge in [-0.25, -0.2) is 18.0 Å². The maximum absolute atomic E-state index is 12.0. The van der Waals surface area contributed by atoms with Gasteiger partial charge in [0.1, 0.15) is 12.2 Å². The quantitative estimate of drug-likeness (QED) is 0.0898. The number of fused-ring (bicyclic) bond motifs is 2. The normalized spacial score (nSPS) is 22.7. The van der Waals surface area contributed by atoms with Crippen LogP contribution in [0, 0.1) is 11.3 Å². The molecule has 0 bridgehead atoms. The number of benzene rings is 2. The topological polar surface area (TPSA) is 216 Å². The van der Waals surface area contributed by atoms with Gasteiger partial charge in [-0.15, -0.1) is 0 Å². The van der Waals surface area contributed by atoms with Gasteiger partial charge in [0.05, 0.1) is 22.6 Å². The molecule has 2 unspecified atom stereocenters. The summed E-state index contributed by atoms with van der Waals surface area (Å²) in [7, 11) is -3.11. The van der Waals surface area contributed by atoms with Crippen LogP contribution in [-0.2, 0) is 32.2 Å². The van der Waals surface area contributed by atoms with E-state index in [-0.39, 0.29) is 48.1 Å². The Hall–Kier alpha value is -5.56. The Morgan fingerprint density at radius 3 is 1.95 bits per heavy atom. The summed E-state index contributed by atoms with van der Waals surface area (Å²) in [5.41, 5.74) is 7.15. The Morgan fingerprint density at radius 1 is 0.729 bits per heavy atom. The molecule has 0 radical (unpaired) electrons. The lowest BCUT2D eigenvalue weighted by Gasteiger charge is -2.27. The SMILES string of the molecule is CC(C)NC(=O)OC1CCC(c2cc(Nc3ccc4c(c3)CCS4(=O)=O)n[nH]2)CC1.CC(C)NC(=O)OC1CC[C@H](c2cc(Nc3ccc4c(c3)C(C#N)CC4)n[nH]2)C1. The first-order valence-corrected chi connectivity index (χ1v) is 22.4. The second-order valence-corrected chi connectivity index (χ2v) is 18.8. The van der Waals surface area contributed by atoms with Gasteiger partial charge in [-0.2, -0.15) is 15.5 Å². The predicted octanol–water partition coefficient (Wildman–Crippen LogP) is 8.12. The Bertz CT molecular complexity index is 2270. The highest BCUT2D eigenvalue weighted by Gasteiger charge is 2.31. The molecule has 314 valence electrons. The van der Waals surface area contributed by atoms with Crippen molar-refractivity contribution in [1.82, 2.24) is 31.0 Å². The van der Waals surface area contributed by atoms with Crippen LogP contribution in [0.4, 0.5) is 32.6 Å². The highest BCUT2D eigenvalue weighted by molar-refractivity contribution is 7.91. The molecule has 2 aromatic heterocycles. The van der Waals surface area contributed by atoms with Crippen molar-refractivity contribution in [2.24, 2.45) is 0 Å². The zero-order valence-corrected chi connectivity index (χ0v) is 35.0. The summed E-state index contributed by atoms with van der Waals surface area (Å²) in [4.78, 5) is 24.0. The van der Waals surface area contributed by atoms with E-state index in [1.54, 1.807) is 12.1 Å². The second-order valence-electron chi connectivity index (χ2n) is 16.7. The van der Waals surface area contributed by atoms with Gasteiger partial charge in [-0.1, -0.05) is 6.07 Å². The molecule has 4 aromatic rings. The number of aromatic amines is 2. The number of amides is 2. The molecule has 0 spiro atoms. The fraction of sp³-hybridized carbons (Fsp3) is 0.512. The van der Waals surface area contributed by atoms with E-state index in [0.717, 1.165) is 97.5 Å². The number of ether oxygens (including phenoxy) is 2. The van der Waals surface area contributed by atoms with Crippen molar-refractivity contribution in [3.05, 3.63) is 76.6 Å². The van der Waals surface area contributed by atoms with Crippen molar-refractivity contribution in [2.75, 3.05) is 16.4 Å². The zero-order chi connectivity index (χ0) is 41.7. The van der Waals surface area contributed by atoms with E-state index in [4.69, 9.17) is 9.47 Å². The van der Waals surface area contributed by atoms with Crippen LogP contribution >= 0.6 is 0 Å². The second kappa shape index (κ2) is 18.1. The number of hydrogen-bond acceptors (Lipinski definition) is 11. The zero-order valence-electron chi connectivity index (χ0n) is 34.1. The average molecular weight is 826 g/mol. The van der Waals surface area contributed by atoms with E-state index in [9.17, 15) is 23.3 Å². The highest BCUT2D eigenvalue weighted by atomic mass is 32.2. The van der Waals surface area contributed by atoms with Crippen molar-refractivity contribution >= 4 is 45.0 Å². The van der Waals surface area contributed by atoms with Crippen LogP contribution in [0.15, 0.2) is 53.4 Å². The summed E-state index contributed by atoms with van der Waals surface area (Å²) >= 11 is 0. The van der Waals surface area contributed by atoms with E-state index in [1.165, 1.54) is 5.56 Å². The molecule has 3 atom stereocenters. The maximum Gasteiger partial charge on any atom is 0.407 e. The maximum atomic E-state index is 12.0. The number of carbonyl (C=O) groups is 2. The first-order chi connectivity index (χ1) is 28.3. The van der Waals surface area contributed by atoms with E-state index in [2.05, 4.69) is 59.9 Å². The molecule has 6 N–H and O–H groups in total. The minimum atomic E-state index is -3.11. The van der Waals surface area contributed by atoms with Gasteiger partial charge >= 0.3 is 12.2 Å². The number of nitrogens with zero attached hydrogens (tertiary/aromatic N) is 3. The molecule has 2 amide bonds. The standard InChI is InChI=1S/C22H27N5O2.C21H28N4O4S/c1-13(2)24-22(28)29-18-8-6-15(9-18)20-11-21(27-26-20)25-17-7-5-14-3-4-16(12-23)19(14)10-17;1-13(2)22-21(26)29-17-6-3-14(4-7-17)18-12-20(25-24-18)23-16-5-8-19-15(11-16)9-10-30(19,27)28/h5,7,10-11,13,15-16,18H,3-4,6,8-9H2,1-2H3,(H,24,28)(H2,25,26,27);5,8,11-14,17H,3-4,6-7,9-10H2,1-2H3,(H,22,26)(H2,23,24,25)/t15-,16?,18?;/m0./s1. The number of aryl methyl sites for hydroxylation is 2. The smallest absolute Gasteiger partial charge is 0.407 e. The number of anilines is 4. The third kappa shape index (κ3) is 10.6. The van der Waals surface area contributed by atoms with Crippen molar-refractivity contribution in [3.8, 4) is 6.07 Å². The molecule has 16 heteroatoms. The van der Waals surface area contributed by atoms with Gasteiger partial charge in [-0.3, -0.25) is 10.2 Å². The van der Waals surface area contributed by atoms with Crippen molar-refractivity contribution < 1.29 is 27.5 Å². The summed E-state index contributed by atoms with van der Waals surface area (Å²) in [6.45, 7) is 7.65. The third-order valence-corrected chi connectivity index (χ3v) is 13.3. The number of rotatable bonds is 10. The number of alkyl carbamates (subject to hydrolysis) is 2. The number of H-pyrrole nitrogens is 2. The molecule has 59 heavy (non-hydrogen) atoms. The molecule has 3 aliphatic carbocycles. The van der Waals surface area contributed by atoms with Gasteiger partial charge in [0.2, 0.25) is 0 Å². The number of nitriles is 1. The summed E-state index contributed by atoms with van der Waals surface area (Å²) < 4.78 is 34.9. The lowest BCUT2D eigenvalue weighted by molar-refractivity contribution is 0.0697. The minimum Gasteiger partial charge on any atom is -0.446 e. The van der Waals surface area contributed by atoms with E-state index in [0.29, 0.717) is 29.0 Å². The summed E-state index contributed by atoms with van der Waals surface area (Å²) in [5.74, 6) is 2.30. The predicted molar refractivity (Wildman–Crippen MR) is 224 cm³/mol. The average Bonchev–Trinajstić information content (AvgIpc) is 4.04. The molecule has 0 saturated heterocycles. The minimum absolute atomic E-state index is 0.00943. The lowest BCUT2D eigenvalue weighted by Crippen LogP contribution is -2.34. The van der Waals surface area contributed by atoms with E-state index in [1.807, 2.05) is 52.0 Å². The van der Waals surface area contributed by atoms with Gasteiger partial charge < -0.3 is 30.7 Å². The lowest BCUT2D eigenvalue weighted by atomic mass is 9.85. The third-order valence-electron chi connectivity index (χ3n) is 11.5. The molecular formula is C43H55N9O6S. The number of carbonyl (C=O) groups excluding carboxylic acids is 2. The van der Waals surface area contributed by atoms with Crippen LogP contribution in [0.1, 0.15) is 125 Å². The largest absolute Gasteiger partial charge is 0.446 e. The van der Waals surface area contributed by atoms with Crippen LogP contribution in [0.5, 0.6) is 0 Å². The fourth-order valence-corrected chi connectivity index (χ4v) is 10.0. The summed E-state index contributed by atoms with van der Waals surface area (Å²) in [6.07, 6.45) is 7.79. The first-order valence-electron chi connectivity index (χ1n) is 20.8. The molecule has 15 nitrogen and oxygen atoms in total. The summed E-state index contributed by atoms with van der Waals surface area (Å²) in [5, 5.41) is 36.4. The number of nitrogens with one attached hydrogen (secondary N) is 6. The van der Waals surface area contributed by atoms with Crippen LogP contribution in [0.3, 0.4) is 0 Å². The van der Waals surface area contributed by atoms with Crippen molar-refractivity contribution in [3.63, 3.8) is 0 Å². The van der Waals surface area contributed by atoms with Crippen LogP contribution < -0.4 is 21.3 Å². The van der Waals surface area contributed by atoms with Crippen LogP contribution in [0.25, 0.3) is 0 Å². The van der Waals surface area contributed by atoms with Gasteiger partial charge in [0, 0.05) is 58.8 Å². The van der Waals surface area contributed by atoms with Crippen molar-refractivity contribution in [1.29, 1.82) is 5.26 Å². The fourth-order valence-electron chi connectivity index (χ4n) is 8.50. The van der Waals surface area contributed by atoms with E-state index < -0.39 is 9.84 Å². The first kappa shape index (κ1) is 41.6. The number of sulfone groups is 1.